The smallest absolute Gasteiger partial charge is 0.335 e. The van der Waals surface area contributed by atoms with E-state index in [1.165, 1.54) is 0 Å². The van der Waals surface area contributed by atoms with Gasteiger partial charge in [-0.15, -0.1) is 0 Å². The molecule has 1 heterocycles. The third kappa shape index (κ3) is 17.5. The molecule has 24 heteroatoms. The Morgan fingerprint density at radius 2 is 1.21 bits per heavy atom. The van der Waals surface area contributed by atoms with E-state index >= 15 is 0 Å². The monoisotopic (exact) mass is 860 g/mol. The Bertz CT molecular complexity index is 1730. The molecule has 58 heavy (non-hydrogen) atoms. The standard InChI is InChI=1S/C28H38Cl2N10O5.C6H12O7/c29-16-5-9-18(10-6-16)35-26(32)39-25(31)33-13-3-1-2-4-14-34-27-37-24(23(45)22(44)21(43)20(42)15-41)38-28(40-27)36-19-11-7-17(30)8-12-19;7-1-2(8)3(9)4(10)5(11)6(12)13/h5-12,20-23,41-45H,1-4,13-15H2,(H5,31,32,33,35,39)(H2,34,36,37,38,40);2-5,7-11H,1H2,(H,12,13)/t20-,21-,22+,23-;2-,3-,4+,5-/m11/s1. The number of aliphatic imine (C=N–C) groups is 2. The van der Waals surface area contributed by atoms with Gasteiger partial charge in [0.15, 0.2) is 11.9 Å². The van der Waals surface area contributed by atoms with Crippen molar-refractivity contribution in [1.82, 2.24) is 15.0 Å². The maximum Gasteiger partial charge on any atom is 0.335 e. The molecule has 22 nitrogen and oxygen atoms in total. The first-order chi connectivity index (χ1) is 27.5. The van der Waals surface area contributed by atoms with Gasteiger partial charge in [-0.25, -0.2) is 4.79 Å². The summed E-state index contributed by atoms with van der Waals surface area (Å²) in [6.07, 6.45) is -11.8. The molecule has 18 N–H and O–H groups in total. The van der Waals surface area contributed by atoms with E-state index in [-0.39, 0.29) is 29.6 Å². The summed E-state index contributed by atoms with van der Waals surface area (Å²) in [6, 6.07) is 13.7. The number of aliphatic hydroxyl groups excluding tert-OH is 10. The van der Waals surface area contributed by atoms with E-state index in [4.69, 9.17) is 70.4 Å². The molecule has 3 rings (SSSR count). The zero-order chi connectivity index (χ0) is 43.4. The van der Waals surface area contributed by atoms with Crippen molar-refractivity contribution in [2.45, 2.75) is 74.5 Å². The maximum atomic E-state index is 10.6. The molecule has 0 aliphatic heterocycles. The molecular weight excluding hydrogens is 811 g/mol. The first kappa shape index (κ1) is 49.6. The van der Waals surface area contributed by atoms with Crippen LogP contribution >= 0.6 is 23.2 Å². The van der Waals surface area contributed by atoms with E-state index in [1.54, 1.807) is 48.5 Å². The molecule has 1 aromatic heterocycles. The van der Waals surface area contributed by atoms with Crippen LogP contribution in [0.2, 0.25) is 10.0 Å². The largest absolute Gasteiger partial charge is 0.479 e. The van der Waals surface area contributed by atoms with Crippen molar-refractivity contribution < 1.29 is 61.0 Å². The minimum atomic E-state index is -2.20. The number of guanidine groups is 2. The number of nitrogens with one attached hydrogen (secondary N) is 3. The van der Waals surface area contributed by atoms with E-state index in [2.05, 4.69) is 40.9 Å². The van der Waals surface area contributed by atoms with Crippen LogP contribution in [0.4, 0.5) is 23.3 Å². The molecule has 0 saturated carbocycles. The molecule has 0 fully saturated rings. The van der Waals surface area contributed by atoms with Crippen LogP contribution in [0.1, 0.15) is 37.6 Å². The summed E-state index contributed by atoms with van der Waals surface area (Å²) in [5, 5.41) is 112. The minimum absolute atomic E-state index is 0.0513. The molecule has 0 aliphatic carbocycles. The summed E-state index contributed by atoms with van der Waals surface area (Å²) in [7, 11) is 0. The number of halogens is 2. The lowest BCUT2D eigenvalue weighted by Gasteiger charge is -2.25. The van der Waals surface area contributed by atoms with Gasteiger partial charge in [0, 0.05) is 34.5 Å². The molecule has 0 radical (unpaired) electrons. The molecular formula is C34H50Cl2N10O12. The molecule has 3 aromatic rings. The summed E-state index contributed by atoms with van der Waals surface area (Å²) in [5.74, 6) is -1.65. The SMILES string of the molecule is NC(=NCCCCCCNc1nc(Nc2ccc(Cl)cc2)nc([C@H](O)[C@@H](O)[C@H](O)[C@H](O)CO)n1)N=C(N)Nc1ccc(Cl)cc1.O=C(O)[C@H](O)[C@@H](O)[C@H](O)[C@H](O)CO. The van der Waals surface area contributed by atoms with Crippen molar-refractivity contribution >= 4 is 64.4 Å². The van der Waals surface area contributed by atoms with Crippen LogP contribution in [0.25, 0.3) is 0 Å². The Hall–Kier alpha value is -4.56. The van der Waals surface area contributed by atoms with Crippen LogP contribution in [0.5, 0.6) is 0 Å². The van der Waals surface area contributed by atoms with E-state index in [1.807, 2.05) is 0 Å². The third-order valence-electron chi connectivity index (χ3n) is 7.77. The highest BCUT2D eigenvalue weighted by Gasteiger charge is 2.34. The van der Waals surface area contributed by atoms with Crippen molar-refractivity contribution in [2.75, 3.05) is 42.3 Å². The normalized spacial score (nSPS) is 16.1. The van der Waals surface area contributed by atoms with Gasteiger partial charge in [0.25, 0.3) is 0 Å². The summed E-state index contributed by atoms with van der Waals surface area (Å²) in [6.45, 7) is -0.699. The Kier molecular flexibility index (Phi) is 22.0. The highest BCUT2D eigenvalue weighted by atomic mass is 35.5. The molecule has 0 unspecified atom stereocenters. The maximum absolute atomic E-state index is 10.6. The lowest BCUT2D eigenvalue weighted by atomic mass is 10.0. The number of unbranched alkanes of at least 4 members (excludes halogenated alkanes) is 3. The van der Waals surface area contributed by atoms with Crippen molar-refractivity contribution in [1.29, 1.82) is 0 Å². The van der Waals surface area contributed by atoms with Crippen LogP contribution in [-0.4, -0.2) is 158 Å². The molecule has 322 valence electrons. The zero-order valence-corrected chi connectivity index (χ0v) is 32.4. The van der Waals surface area contributed by atoms with Gasteiger partial charge in [0.1, 0.15) is 42.7 Å². The van der Waals surface area contributed by atoms with Crippen LogP contribution in [0, 0.1) is 0 Å². The Balaban J connectivity index is 0.000000763. The number of carbonyl (C=O) groups is 1. The van der Waals surface area contributed by atoms with E-state index < -0.39 is 68.0 Å². The fraction of sp³-hybridized carbons (Fsp3) is 0.471. The molecule has 8 atom stereocenters. The van der Waals surface area contributed by atoms with Crippen LogP contribution in [-0.2, 0) is 4.79 Å². The number of aromatic nitrogens is 3. The van der Waals surface area contributed by atoms with Gasteiger partial charge in [-0.2, -0.15) is 19.9 Å². The van der Waals surface area contributed by atoms with Crippen LogP contribution in [0.15, 0.2) is 58.5 Å². The molecule has 0 bridgehead atoms. The highest BCUT2D eigenvalue weighted by molar-refractivity contribution is 6.31. The zero-order valence-electron chi connectivity index (χ0n) is 30.9. The van der Waals surface area contributed by atoms with Gasteiger partial charge in [-0.1, -0.05) is 36.0 Å². The van der Waals surface area contributed by atoms with Gasteiger partial charge >= 0.3 is 5.97 Å². The minimum Gasteiger partial charge on any atom is -0.479 e. The van der Waals surface area contributed by atoms with Gasteiger partial charge < -0.3 is 83.6 Å². The molecule has 0 amide bonds. The van der Waals surface area contributed by atoms with E-state index in [0.717, 1.165) is 31.4 Å². The number of anilines is 4. The number of carboxylic acid groups (broad SMARTS) is 1. The Morgan fingerprint density at radius 1 is 0.690 bits per heavy atom. The van der Waals surface area contributed by atoms with Gasteiger partial charge in [-0.05, 0) is 61.4 Å². The number of rotatable bonds is 21. The third-order valence-corrected chi connectivity index (χ3v) is 8.28. The summed E-state index contributed by atoms with van der Waals surface area (Å²) < 4.78 is 0. The molecule has 0 spiro atoms. The predicted molar refractivity (Wildman–Crippen MR) is 214 cm³/mol. The number of carboxylic acids is 1. The van der Waals surface area contributed by atoms with Crippen molar-refractivity contribution in [3.05, 3.63) is 64.4 Å². The van der Waals surface area contributed by atoms with Gasteiger partial charge in [0.05, 0.1) is 13.2 Å². The number of hydrogen-bond acceptors (Lipinski definition) is 17. The number of nitrogens with zero attached hydrogens (tertiary/aromatic N) is 5. The van der Waals surface area contributed by atoms with E-state index in [9.17, 15) is 25.2 Å². The van der Waals surface area contributed by atoms with Crippen molar-refractivity contribution in [2.24, 2.45) is 21.5 Å². The van der Waals surface area contributed by atoms with Gasteiger partial charge in [0.2, 0.25) is 23.8 Å². The number of aliphatic carboxylic acids is 1. The number of benzene rings is 2. The topological polar surface area (TPSA) is 391 Å². The quantitative estimate of drug-likeness (QED) is 0.0321. The summed E-state index contributed by atoms with van der Waals surface area (Å²) >= 11 is 11.8. The molecule has 0 aliphatic rings. The Labute approximate surface area is 342 Å². The second kappa shape index (κ2) is 25.7. The van der Waals surface area contributed by atoms with Crippen LogP contribution < -0.4 is 27.4 Å². The second-order valence-electron chi connectivity index (χ2n) is 12.4. The Morgan fingerprint density at radius 3 is 1.76 bits per heavy atom. The molecule has 0 saturated heterocycles. The average molecular weight is 862 g/mol. The van der Waals surface area contributed by atoms with Crippen molar-refractivity contribution in [3.63, 3.8) is 0 Å². The first-order valence-electron chi connectivity index (χ1n) is 17.5. The van der Waals surface area contributed by atoms with Crippen molar-refractivity contribution in [3.8, 4) is 0 Å². The van der Waals surface area contributed by atoms with Crippen LogP contribution in [0.3, 0.4) is 0 Å². The predicted octanol–water partition coefficient (Wildman–Crippen LogP) is -1.75. The number of hydrogen-bond donors (Lipinski definition) is 16. The lowest BCUT2D eigenvalue weighted by molar-refractivity contribution is -0.164. The lowest BCUT2D eigenvalue weighted by Crippen LogP contribution is -2.48. The fourth-order valence-corrected chi connectivity index (χ4v) is 4.77. The number of aliphatic hydroxyl groups is 10. The van der Waals surface area contributed by atoms with Gasteiger partial charge in [-0.3, -0.25) is 4.99 Å². The van der Waals surface area contributed by atoms with E-state index in [0.29, 0.717) is 28.8 Å². The summed E-state index contributed by atoms with van der Waals surface area (Å²) in [5.41, 5.74) is 13.0. The first-order valence-corrected chi connectivity index (χ1v) is 18.3. The summed E-state index contributed by atoms with van der Waals surface area (Å²) in [4.78, 5) is 31.0. The highest BCUT2D eigenvalue weighted by Crippen LogP contribution is 2.22. The second-order valence-corrected chi connectivity index (χ2v) is 13.2. The fourth-order valence-electron chi connectivity index (χ4n) is 4.52. The number of nitrogens with two attached hydrogens (primary N) is 2. The average Bonchev–Trinajstić information content (AvgIpc) is 3.21. The molecule has 2 aromatic carbocycles.